The van der Waals surface area contributed by atoms with Crippen molar-refractivity contribution in [3.05, 3.63) is 41.8 Å². The fourth-order valence-electron chi connectivity index (χ4n) is 4.58. The van der Waals surface area contributed by atoms with E-state index in [9.17, 15) is 18.0 Å². The molecule has 4 rings (SSSR count). The smallest absolute Gasteiger partial charge is 0.263 e. The quantitative estimate of drug-likeness (QED) is 0.769. The van der Waals surface area contributed by atoms with Crippen LogP contribution in [0.4, 0.5) is 19.0 Å². The maximum absolute atomic E-state index is 13.9. The number of likely N-dealkylation sites (tertiary alicyclic amines) is 1. The first-order valence-corrected chi connectivity index (χ1v) is 10.6. The van der Waals surface area contributed by atoms with Crippen molar-refractivity contribution in [2.45, 2.75) is 57.7 Å². The molecule has 1 amide bonds. The Hall–Kier alpha value is -2.71. The molecule has 4 atom stereocenters. The van der Waals surface area contributed by atoms with Crippen LogP contribution in [0.15, 0.2) is 30.3 Å². The second-order valence-corrected chi connectivity index (χ2v) is 8.38. The Morgan fingerprint density at radius 1 is 1.32 bits per heavy atom. The maximum Gasteiger partial charge on any atom is 0.263 e. The van der Waals surface area contributed by atoms with Crippen molar-refractivity contribution in [3.63, 3.8) is 0 Å². The highest BCUT2D eigenvalue weighted by atomic mass is 19.3. The van der Waals surface area contributed by atoms with Gasteiger partial charge in [0.2, 0.25) is 0 Å². The van der Waals surface area contributed by atoms with E-state index in [0.717, 1.165) is 12.8 Å². The van der Waals surface area contributed by atoms with E-state index >= 15 is 0 Å². The Morgan fingerprint density at radius 2 is 2.10 bits per heavy atom. The summed E-state index contributed by atoms with van der Waals surface area (Å²) >= 11 is 0. The Morgan fingerprint density at radius 3 is 2.84 bits per heavy atom. The second-order valence-electron chi connectivity index (χ2n) is 8.38. The third-order valence-corrected chi connectivity index (χ3v) is 6.12. The van der Waals surface area contributed by atoms with Crippen molar-refractivity contribution in [2.75, 3.05) is 18.4 Å². The van der Waals surface area contributed by atoms with Crippen LogP contribution < -0.4 is 10.1 Å². The van der Waals surface area contributed by atoms with Crippen molar-refractivity contribution in [3.8, 4) is 5.75 Å². The molecule has 0 spiro atoms. The third kappa shape index (κ3) is 4.50. The molecule has 9 heteroatoms. The summed E-state index contributed by atoms with van der Waals surface area (Å²) in [6.07, 6.45) is -1.49. The summed E-state index contributed by atoms with van der Waals surface area (Å²) < 4.78 is 48.2. The van der Waals surface area contributed by atoms with Gasteiger partial charge in [0.15, 0.2) is 17.7 Å². The molecule has 2 aliphatic rings. The van der Waals surface area contributed by atoms with Crippen molar-refractivity contribution in [2.24, 2.45) is 5.92 Å². The predicted molar refractivity (Wildman–Crippen MR) is 110 cm³/mol. The van der Waals surface area contributed by atoms with Crippen LogP contribution in [0.1, 0.15) is 37.9 Å². The molecule has 3 heterocycles. The van der Waals surface area contributed by atoms with Gasteiger partial charge in [0.05, 0.1) is 5.69 Å². The molecule has 0 unspecified atom stereocenters. The molecule has 0 bridgehead atoms. The van der Waals surface area contributed by atoms with Crippen LogP contribution in [0.5, 0.6) is 5.75 Å². The average molecular weight is 436 g/mol. The van der Waals surface area contributed by atoms with E-state index in [1.165, 1.54) is 16.8 Å². The Balaban J connectivity index is 1.43. The molecule has 1 aromatic carbocycles. The number of aromatic nitrogens is 2. The van der Waals surface area contributed by atoms with Gasteiger partial charge in [0, 0.05) is 25.2 Å². The van der Waals surface area contributed by atoms with Crippen LogP contribution in [0, 0.1) is 18.7 Å². The molecule has 0 aliphatic carbocycles. The van der Waals surface area contributed by atoms with Crippen LogP contribution in [0.25, 0.3) is 0 Å². The molecule has 0 radical (unpaired) electrons. The van der Waals surface area contributed by atoms with E-state index in [0.29, 0.717) is 24.6 Å². The summed E-state index contributed by atoms with van der Waals surface area (Å²) in [6, 6.07) is 6.58. The minimum absolute atomic E-state index is 0.0311. The Bertz CT molecular complexity index is 935. The topological polar surface area (TPSA) is 59.4 Å². The van der Waals surface area contributed by atoms with Crippen LogP contribution in [0.3, 0.4) is 0 Å². The van der Waals surface area contributed by atoms with Crippen LogP contribution in [-0.2, 0) is 4.79 Å². The number of rotatable bonds is 5. The molecule has 1 saturated heterocycles. The van der Waals surface area contributed by atoms with E-state index in [1.54, 1.807) is 36.9 Å². The monoisotopic (exact) mass is 436 g/mol. The lowest BCUT2D eigenvalue weighted by molar-refractivity contribution is -0.140. The molecule has 31 heavy (non-hydrogen) atoms. The maximum atomic E-state index is 13.9. The largest absolute Gasteiger partial charge is 0.478 e. The van der Waals surface area contributed by atoms with Crippen molar-refractivity contribution in [1.82, 2.24) is 14.7 Å². The number of anilines is 1. The number of piperidine rings is 1. The molecule has 0 saturated carbocycles. The van der Waals surface area contributed by atoms with Crippen LogP contribution >= 0.6 is 0 Å². The number of amides is 1. The highest BCUT2D eigenvalue weighted by Crippen LogP contribution is 2.36. The van der Waals surface area contributed by atoms with Gasteiger partial charge in [-0.15, -0.1) is 0 Å². The van der Waals surface area contributed by atoms with Gasteiger partial charge in [-0.2, -0.15) is 5.10 Å². The number of fused-ring (bicyclic) bond motifs is 1. The summed E-state index contributed by atoms with van der Waals surface area (Å²) in [4.78, 5) is 14.6. The molecule has 1 aromatic heterocycles. The van der Waals surface area contributed by atoms with Gasteiger partial charge in [-0.25, -0.2) is 17.9 Å². The Labute approximate surface area is 179 Å². The summed E-state index contributed by atoms with van der Waals surface area (Å²) in [5.41, 5.74) is 0.688. The van der Waals surface area contributed by atoms with Gasteiger partial charge >= 0.3 is 0 Å². The molecule has 6 nitrogen and oxygen atoms in total. The lowest BCUT2D eigenvalue weighted by atomic mass is 9.86. The first kappa shape index (κ1) is 21.5. The molecular weight excluding hydrogens is 409 g/mol. The zero-order valence-corrected chi connectivity index (χ0v) is 17.6. The van der Waals surface area contributed by atoms with E-state index < -0.39 is 24.4 Å². The van der Waals surface area contributed by atoms with Crippen LogP contribution in [0.2, 0.25) is 0 Å². The minimum Gasteiger partial charge on any atom is -0.478 e. The van der Waals surface area contributed by atoms with E-state index in [-0.39, 0.29) is 30.0 Å². The predicted octanol–water partition coefficient (Wildman–Crippen LogP) is 4.03. The van der Waals surface area contributed by atoms with Crippen molar-refractivity contribution >= 4 is 11.7 Å². The summed E-state index contributed by atoms with van der Waals surface area (Å²) in [5, 5.41) is 7.57. The average Bonchev–Trinajstić information content (AvgIpc) is 3.14. The first-order chi connectivity index (χ1) is 14.8. The van der Waals surface area contributed by atoms with Gasteiger partial charge in [0.25, 0.3) is 12.3 Å². The van der Waals surface area contributed by atoms with E-state index in [1.807, 2.05) is 0 Å². The lowest BCUT2D eigenvalue weighted by Crippen LogP contribution is -2.50. The number of hydrogen-bond acceptors (Lipinski definition) is 4. The van der Waals surface area contributed by atoms with E-state index in [2.05, 4.69) is 10.4 Å². The number of carbonyl (C=O) groups is 1. The normalized spacial score (nSPS) is 24.5. The van der Waals surface area contributed by atoms with Crippen molar-refractivity contribution < 1.29 is 22.7 Å². The highest BCUT2D eigenvalue weighted by Gasteiger charge is 2.39. The number of carbonyl (C=O) groups excluding carboxylic acids is 1. The summed E-state index contributed by atoms with van der Waals surface area (Å²) in [5.74, 6) is -0.0818. The fraction of sp³-hybridized carbons (Fsp3) is 0.545. The standard InChI is InChI=1S/C22H27F3N4O2/c1-13-10-20-26-17(11-18(21(24)25)29(20)27-13)15-6-5-9-28(12-15)22(30)14(2)31-19-8-4-3-7-16(19)23/h3-4,7-8,10,14-15,17-18,21,26H,5-6,9,11-12H2,1-2H3/t14-,15-,17-,18+/m0/s1. The number of ether oxygens (including phenoxy) is 1. The molecular formula is C22H27F3N4O2. The summed E-state index contributed by atoms with van der Waals surface area (Å²) in [6.45, 7) is 4.40. The number of halogens is 3. The molecule has 2 aromatic rings. The molecule has 1 N–H and O–H groups in total. The molecule has 168 valence electrons. The summed E-state index contributed by atoms with van der Waals surface area (Å²) in [7, 11) is 0. The Kier molecular flexibility index (Phi) is 6.11. The van der Waals surface area contributed by atoms with Gasteiger partial charge in [-0.1, -0.05) is 12.1 Å². The first-order valence-electron chi connectivity index (χ1n) is 10.6. The lowest BCUT2D eigenvalue weighted by Gasteiger charge is -2.41. The fourth-order valence-corrected chi connectivity index (χ4v) is 4.58. The van der Waals surface area contributed by atoms with E-state index in [4.69, 9.17) is 4.74 Å². The third-order valence-electron chi connectivity index (χ3n) is 6.12. The van der Waals surface area contributed by atoms with Crippen LogP contribution in [-0.4, -0.2) is 52.2 Å². The number of para-hydroxylation sites is 1. The molecule has 1 fully saturated rings. The number of aryl methyl sites for hydroxylation is 1. The van der Waals surface area contributed by atoms with Gasteiger partial charge in [0.1, 0.15) is 11.9 Å². The van der Waals surface area contributed by atoms with Crippen molar-refractivity contribution in [1.29, 1.82) is 0 Å². The zero-order chi connectivity index (χ0) is 22.1. The number of benzene rings is 1. The number of nitrogens with one attached hydrogen (secondary N) is 1. The molecule has 2 aliphatic heterocycles. The number of hydrogen-bond donors (Lipinski definition) is 1. The van der Waals surface area contributed by atoms with Gasteiger partial charge in [-0.05, 0) is 51.2 Å². The number of nitrogens with zero attached hydrogens (tertiary/aromatic N) is 3. The van der Waals surface area contributed by atoms with Gasteiger partial charge < -0.3 is 15.0 Å². The number of alkyl halides is 2. The highest BCUT2D eigenvalue weighted by molar-refractivity contribution is 5.81. The second kappa shape index (κ2) is 8.80. The zero-order valence-electron chi connectivity index (χ0n) is 17.6. The minimum atomic E-state index is -2.52. The van der Waals surface area contributed by atoms with Gasteiger partial charge in [-0.3, -0.25) is 4.79 Å². The SMILES string of the molecule is Cc1cc2n(n1)[C@@H](C(F)F)C[C@@H]([C@H]1CCCN(C(=O)[C@H](C)Oc3ccccc3F)C1)N2.